The van der Waals surface area contributed by atoms with Crippen molar-refractivity contribution in [2.75, 3.05) is 34.6 Å². The summed E-state index contributed by atoms with van der Waals surface area (Å²) in [6, 6.07) is 16.3. The molecule has 0 saturated carbocycles. The largest absolute Gasteiger partial charge is 0.493 e. The second kappa shape index (κ2) is 10.4. The summed E-state index contributed by atoms with van der Waals surface area (Å²) in [7, 11) is 4.58. The molecule has 2 heterocycles. The van der Waals surface area contributed by atoms with E-state index >= 15 is 0 Å². The minimum atomic E-state index is -0.415. The predicted octanol–water partition coefficient (Wildman–Crippen LogP) is 4.50. The highest BCUT2D eigenvalue weighted by Gasteiger charge is 2.33. The van der Waals surface area contributed by atoms with Crippen molar-refractivity contribution in [3.05, 3.63) is 88.2 Å². The Morgan fingerprint density at radius 2 is 1.78 bits per heavy atom. The van der Waals surface area contributed by atoms with E-state index in [2.05, 4.69) is 4.90 Å². The Morgan fingerprint density at radius 1 is 1.00 bits per heavy atom. The number of hydrogen-bond donors (Lipinski definition) is 0. The number of fused-ring (bicyclic) bond motifs is 3. The first kappa shape index (κ1) is 24.4. The van der Waals surface area contributed by atoms with Gasteiger partial charge >= 0.3 is 5.97 Å². The van der Waals surface area contributed by atoms with Gasteiger partial charge in [-0.2, -0.15) is 0 Å². The lowest BCUT2D eigenvalue weighted by atomic mass is 10.0. The first-order chi connectivity index (χ1) is 18.0. The Labute approximate surface area is 215 Å². The molecule has 2 aliphatic rings. The SMILES string of the molecule is COC(=O)c1ccc(/C=C2\Oc3c(ccc4c3CN(CCc3ccc(OC)c(OC)c3)CO4)C2=O)cc1. The molecule has 0 saturated heterocycles. The van der Waals surface area contributed by atoms with Gasteiger partial charge < -0.3 is 23.7 Å². The number of esters is 1. The Morgan fingerprint density at radius 3 is 2.51 bits per heavy atom. The number of hydrogen-bond acceptors (Lipinski definition) is 8. The van der Waals surface area contributed by atoms with Gasteiger partial charge in [0.1, 0.15) is 18.2 Å². The molecule has 8 nitrogen and oxygen atoms in total. The zero-order chi connectivity index (χ0) is 25.9. The average molecular weight is 502 g/mol. The highest BCUT2D eigenvalue weighted by atomic mass is 16.5. The molecule has 5 rings (SSSR count). The molecule has 0 bridgehead atoms. The van der Waals surface area contributed by atoms with Gasteiger partial charge in [-0.3, -0.25) is 9.69 Å². The molecule has 0 radical (unpaired) electrons. The normalized spacial score (nSPS) is 15.4. The molecule has 3 aromatic rings. The molecule has 190 valence electrons. The van der Waals surface area contributed by atoms with Crippen molar-refractivity contribution in [1.29, 1.82) is 0 Å². The minimum Gasteiger partial charge on any atom is -0.493 e. The number of carbonyl (C=O) groups excluding carboxylic acids is 2. The first-order valence-corrected chi connectivity index (χ1v) is 11.8. The Bertz CT molecular complexity index is 1380. The van der Waals surface area contributed by atoms with Gasteiger partial charge in [-0.1, -0.05) is 18.2 Å². The third-order valence-corrected chi connectivity index (χ3v) is 6.48. The smallest absolute Gasteiger partial charge is 0.337 e. The summed E-state index contributed by atoms with van der Waals surface area (Å²) in [6.45, 7) is 1.80. The fraction of sp³-hybridized carbons (Fsp3) is 0.241. The molecule has 0 aliphatic carbocycles. The van der Waals surface area contributed by atoms with E-state index < -0.39 is 5.97 Å². The number of carbonyl (C=O) groups is 2. The number of Topliss-reactive ketones (excluding diaryl/α,β-unsaturated/α-hetero) is 1. The number of methoxy groups -OCH3 is 3. The highest BCUT2D eigenvalue weighted by molar-refractivity contribution is 6.15. The van der Waals surface area contributed by atoms with E-state index in [4.69, 9.17) is 23.7 Å². The van der Waals surface area contributed by atoms with E-state index in [0.29, 0.717) is 41.7 Å². The third kappa shape index (κ3) is 4.88. The van der Waals surface area contributed by atoms with Crippen LogP contribution in [-0.4, -0.2) is 51.3 Å². The first-order valence-electron chi connectivity index (χ1n) is 11.8. The molecule has 0 aromatic heterocycles. The van der Waals surface area contributed by atoms with Gasteiger partial charge in [-0.05, 0) is 60.0 Å². The molecular weight excluding hydrogens is 474 g/mol. The van der Waals surface area contributed by atoms with Crippen LogP contribution in [0.2, 0.25) is 0 Å². The number of nitrogens with zero attached hydrogens (tertiary/aromatic N) is 1. The second-order valence-corrected chi connectivity index (χ2v) is 8.74. The van der Waals surface area contributed by atoms with E-state index in [9.17, 15) is 9.59 Å². The van der Waals surface area contributed by atoms with Crippen molar-refractivity contribution in [2.24, 2.45) is 0 Å². The molecule has 37 heavy (non-hydrogen) atoms. The van der Waals surface area contributed by atoms with Gasteiger partial charge in [0.25, 0.3) is 0 Å². The van der Waals surface area contributed by atoms with E-state index in [1.165, 1.54) is 7.11 Å². The molecule has 2 aliphatic heterocycles. The van der Waals surface area contributed by atoms with Crippen LogP contribution in [0.1, 0.15) is 37.4 Å². The van der Waals surface area contributed by atoms with Crippen molar-refractivity contribution in [1.82, 2.24) is 4.90 Å². The van der Waals surface area contributed by atoms with Crippen LogP contribution in [0.5, 0.6) is 23.0 Å². The lowest BCUT2D eigenvalue weighted by Gasteiger charge is -2.29. The molecule has 0 N–H and O–H groups in total. The number of ketones is 1. The van der Waals surface area contributed by atoms with Gasteiger partial charge in [0, 0.05) is 13.1 Å². The zero-order valence-electron chi connectivity index (χ0n) is 20.9. The summed E-state index contributed by atoms with van der Waals surface area (Å²) in [5.41, 5.74) is 3.67. The summed E-state index contributed by atoms with van der Waals surface area (Å²) in [4.78, 5) is 26.9. The van der Waals surface area contributed by atoms with Crippen LogP contribution in [0.4, 0.5) is 0 Å². The summed E-state index contributed by atoms with van der Waals surface area (Å²) in [6.07, 6.45) is 2.47. The molecule has 0 atom stereocenters. The number of ether oxygens (including phenoxy) is 5. The Balaban J connectivity index is 1.31. The van der Waals surface area contributed by atoms with Crippen LogP contribution < -0.4 is 18.9 Å². The maximum atomic E-state index is 13.1. The second-order valence-electron chi connectivity index (χ2n) is 8.74. The fourth-order valence-electron chi connectivity index (χ4n) is 4.46. The standard InChI is InChI=1S/C29H27NO7/c1-33-24-10-6-19(14-25(24)34-2)12-13-30-16-22-23(36-17-30)11-9-21-27(31)26(37-28(21)22)15-18-4-7-20(8-5-18)29(32)35-3/h4-11,14-15H,12-13,16-17H2,1-3H3/b26-15-. The van der Waals surface area contributed by atoms with E-state index in [-0.39, 0.29) is 11.5 Å². The number of benzene rings is 3. The topological polar surface area (TPSA) is 83.5 Å². The number of allylic oxidation sites excluding steroid dienone is 1. The molecule has 8 heteroatoms. The molecule has 0 amide bonds. The van der Waals surface area contributed by atoms with Gasteiger partial charge in [-0.15, -0.1) is 0 Å². The van der Waals surface area contributed by atoms with Gasteiger partial charge in [0.2, 0.25) is 5.78 Å². The summed E-state index contributed by atoms with van der Waals surface area (Å²) >= 11 is 0. The Kier molecular flexibility index (Phi) is 6.83. The quantitative estimate of drug-likeness (QED) is 0.346. The average Bonchev–Trinajstić information content (AvgIpc) is 3.26. The van der Waals surface area contributed by atoms with Gasteiger partial charge in [-0.25, -0.2) is 4.79 Å². The monoisotopic (exact) mass is 501 g/mol. The van der Waals surface area contributed by atoms with Crippen molar-refractivity contribution in [3.8, 4) is 23.0 Å². The third-order valence-electron chi connectivity index (χ3n) is 6.48. The maximum Gasteiger partial charge on any atom is 0.337 e. The molecule has 0 fully saturated rings. The van der Waals surface area contributed by atoms with Gasteiger partial charge in [0.05, 0.1) is 38.0 Å². The van der Waals surface area contributed by atoms with Crippen molar-refractivity contribution >= 4 is 17.8 Å². The lowest BCUT2D eigenvalue weighted by Crippen LogP contribution is -2.33. The molecule has 3 aromatic carbocycles. The van der Waals surface area contributed by atoms with Crippen LogP contribution in [0.3, 0.4) is 0 Å². The Hall–Kier alpha value is -4.30. The van der Waals surface area contributed by atoms with E-state index in [1.807, 2.05) is 24.3 Å². The fourth-order valence-corrected chi connectivity index (χ4v) is 4.46. The van der Waals surface area contributed by atoms with Crippen LogP contribution in [0, 0.1) is 0 Å². The maximum absolute atomic E-state index is 13.1. The summed E-state index contributed by atoms with van der Waals surface area (Å²) in [5.74, 6) is 2.29. The highest BCUT2D eigenvalue weighted by Crippen LogP contribution is 2.42. The molecule has 0 spiro atoms. The molecule has 0 unspecified atom stereocenters. The van der Waals surface area contributed by atoms with Gasteiger partial charge in [0.15, 0.2) is 17.3 Å². The van der Waals surface area contributed by atoms with E-state index in [0.717, 1.165) is 35.4 Å². The van der Waals surface area contributed by atoms with Crippen molar-refractivity contribution in [3.63, 3.8) is 0 Å². The van der Waals surface area contributed by atoms with Crippen LogP contribution >= 0.6 is 0 Å². The lowest BCUT2D eigenvalue weighted by molar-refractivity contribution is 0.0600. The molecular formula is C29H27NO7. The van der Waals surface area contributed by atoms with Crippen LogP contribution in [0.25, 0.3) is 6.08 Å². The minimum absolute atomic E-state index is 0.183. The van der Waals surface area contributed by atoms with Crippen LogP contribution in [-0.2, 0) is 17.7 Å². The van der Waals surface area contributed by atoms with E-state index in [1.54, 1.807) is 50.6 Å². The zero-order valence-corrected chi connectivity index (χ0v) is 20.9. The van der Waals surface area contributed by atoms with Crippen molar-refractivity contribution < 1.29 is 33.3 Å². The summed E-state index contributed by atoms with van der Waals surface area (Å²) in [5, 5.41) is 0. The summed E-state index contributed by atoms with van der Waals surface area (Å²) < 4.78 is 27.5. The predicted molar refractivity (Wildman–Crippen MR) is 136 cm³/mol. The van der Waals surface area contributed by atoms with Crippen LogP contribution in [0.15, 0.2) is 60.4 Å². The van der Waals surface area contributed by atoms with Crippen molar-refractivity contribution in [2.45, 2.75) is 13.0 Å². The number of rotatable bonds is 7.